The Morgan fingerprint density at radius 3 is 1.90 bits per heavy atom. The predicted octanol–water partition coefficient (Wildman–Crippen LogP) is 11.5. The fourth-order valence-corrected chi connectivity index (χ4v) is 8.07. The molecule has 0 unspecified atom stereocenters. The Morgan fingerprint density at radius 1 is 0.396 bits per heavy atom. The smallest absolute Gasteiger partial charge is 0.238 e. The quantitative estimate of drug-likeness (QED) is 0.194. The van der Waals surface area contributed by atoms with Gasteiger partial charge in [-0.25, -0.2) is 4.98 Å². The fraction of sp³-hybridized carbons (Fsp3) is 0. The third-order valence-corrected chi connectivity index (χ3v) is 10.4. The summed E-state index contributed by atoms with van der Waals surface area (Å²) in [6, 6.07) is 55.6. The lowest BCUT2D eigenvalue weighted by Crippen LogP contribution is -2.06. The molecular weight excluding hydrogens is 605 g/mol. The van der Waals surface area contributed by atoms with Crippen LogP contribution in [0.3, 0.4) is 0 Å². The van der Waals surface area contributed by atoms with Gasteiger partial charge in [0.2, 0.25) is 5.95 Å². The highest BCUT2D eigenvalue weighted by molar-refractivity contribution is 7.25. The molecule has 3 aromatic heterocycles. The van der Waals surface area contributed by atoms with Crippen LogP contribution in [0.1, 0.15) is 0 Å². The lowest BCUT2D eigenvalue weighted by Gasteiger charge is -2.12. The minimum Gasteiger partial charge on any atom is -0.278 e. The molecule has 0 saturated heterocycles. The average molecular weight is 631 g/mol. The average Bonchev–Trinajstić information content (AvgIpc) is 3.70. The molecule has 0 N–H and O–H groups in total. The van der Waals surface area contributed by atoms with Crippen molar-refractivity contribution < 1.29 is 0 Å². The van der Waals surface area contributed by atoms with Crippen molar-refractivity contribution in [2.24, 2.45) is 0 Å². The van der Waals surface area contributed by atoms with E-state index in [1.807, 2.05) is 29.5 Å². The first-order valence-corrected chi connectivity index (χ1v) is 16.9. The molecule has 0 saturated carbocycles. The predicted molar refractivity (Wildman–Crippen MR) is 201 cm³/mol. The van der Waals surface area contributed by atoms with Crippen molar-refractivity contribution in [3.63, 3.8) is 0 Å². The highest BCUT2D eigenvalue weighted by atomic mass is 32.1. The van der Waals surface area contributed by atoms with E-state index < -0.39 is 0 Å². The Morgan fingerprint density at radius 2 is 1.06 bits per heavy atom. The second-order valence-electron chi connectivity index (χ2n) is 12.1. The zero-order valence-electron chi connectivity index (χ0n) is 25.7. The SMILES string of the molecule is c1ccc(-c2ccc3c4c5ccccc5ccc4n(-c4nc(-c5ccccc5)nc(-c5ccc6sc7ccccc7c6c5)n4)c3c2)cc1. The Hall–Kier alpha value is -6.17. The molecule has 0 bridgehead atoms. The number of hydrogen-bond acceptors (Lipinski definition) is 4. The summed E-state index contributed by atoms with van der Waals surface area (Å²) < 4.78 is 4.75. The zero-order chi connectivity index (χ0) is 31.6. The molecule has 0 aliphatic heterocycles. The van der Waals surface area contributed by atoms with E-state index in [2.05, 4.69) is 144 Å². The first-order chi connectivity index (χ1) is 23.8. The van der Waals surface area contributed by atoms with Crippen molar-refractivity contribution in [2.45, 2.75) is 0 Å². The number of hydrogen-bond donors (Lipinski definition) is 0. The number of nitrogens with zero attached hydrogens (tertiary/aromatic N) is 4. The van der Waals surface area contributed by atoms with Crippen LogP contribution in [-0.2, 0) is 0 Å². The van der Waals surface area contributed by atoms with Crippen molar-refractivity contribution in [2.75, 3.05) is 0 Å². The largest absolute Gasteiger partial charge is 0.278 e. The van der Waals surface area contributed by atoms with Crippen molar-refractivity contribution in [3.8, 4) is 39.9 Å². The summed E-state index contributed by atoms with van der Waals surface area (Å²) in [5.41, 5.74) is 6.33. The van der Waals surface area contributed by atoms with Gasteiger partial charge in [-0.1, -0.05) is 121 Å². The van der Waals surface area contributed by atoms with E-state index in [4.69, 9.17) is 15.0 Å². The molecule has 224 valence electrons. The highest BCUT2D eigenvalue weighted by Gasteiger charge is 2.20. The van der Waals surface area contributed by atoms with Gasteiger partial charge in [0.05, 0.1) is 11.0 Å². The van der Waals surface area contributed by atoms with Crippen LogP contribution in [-0.4, -0.2) is 19.5 Å². The van der Waals surface area contributed by atoms with E-state index in [-0.39, 0.29) is 0 Å². The molecule has 10 rings (SSSR count). The maximum Gasteiger partial charge on any atom is 0.238 e. The minimum absolute atomic E-state index is 0.592. The first kappa shape index (κ1) is 27.0. The van der Waals surface area contributed by atoms with Crippen LogP contribution in [0, 0.1) is 0 Å². The van der Waals surface area contributed by atoms with E-state index in [1.165, 1.54) is 41.9 Å². The highest BCUT2D eigenvalue weighted by Crippen LogP contribution is 2.39. The zero-order valence-corrected chi connectivity index (χ0v) is 26.5. The van der Waals surface area contributed by atoms with Gasteiger partial charge in [0, 0.05) is 42.1 Å². The maximum atomic E-state index is 5.27. The van der Waals surface area contributed by atoms with Crippen LogP contribution >= 0.6 is 11.3 Å². The van der Waals surface area contributed by atoms with Crippen LogP contribution in [0.25, 0.3) is 92.6 Å². The van der Waals surface area contributed by atoms with Gasteiger partial charge in [0.25, 0.3) is 0 Å². The molecule has 48 heavy (non-hydrogen) atoms. The van der Waals surface area contributed by atoms with Gasteiger partial charge in [-0.2, -0.15) is 9.97 Å². The fourth-order valence-electron chi connectivity index (χ4n) is 6.99. The van der Waals surface area contributed by atoms with Crippen LogP contribution in [0.15, 0.2) is 158 Å². The molecular formula is C43H26N4S. The second-order valence-corrected chi connectivity index (χ2v) is 13.2. The summed E-state index contributed by atoms with van der Waals surface area (Å²) in [6.07, 6.45) is 0. The second kappa shape index (κ2) is 10.7. The van der Waals surface area contributed by atoms with Gasteiger partial charge in [-0.05, 0) is 58.3 Å². The summed E-state index contributed by atoms with van der Waals surface area (Å²) in [5, 5.41) is 7.23. The minimum atomic E-state index is 0.592. The first-order valence-electron chi connectivity index (χ1n) is 16.0. The summed E-state index contributed by atoms with van der Waals surface area (Å²) in [7, 11) is 0. The number of benzene rings is 7. The standard InChI is InChI=1S/C43H26N4S/c1-3-11-27(12-4-1)30-19-22-34-37(26-30)47(36-23-20-28-13-7-8-16-32(28)40(34)36)43-45-41(29-14-5-2-6-15-29)44-42(46-43)31-21-24-39-35(25-31)33-17-9-10-18-38(33)48-39/h1-26H. The molecule has 0 aliphatic rings. The Kier molecular flexibility index (Phi) is 6.01. The van der Waals surface area contributed by atoms with E-state index in [9.17, 15) is 0 Å². The normalized spacial score (nSPS) is 11.8. The Balaban J connectivity index is 1.29. The van der Waals surface area contributed by atoms with Gasteiger partial charge < -0.3 is 0 Å². The molecule has 10 aromatic rings. The molecule has 0 spiro atoms. The number of rotatable bonds is 4. The lowest BCUT2D eigenvalue weighted by atomic mass is 10.0. The van der Waals surface area contributed by atoms with Crippen molar-refractivity contribution in [1.82, 2.24) is 19.5 Å². The summed E-state index contributed by atoms with van der Waals surface area (Å²) in [6.45, 7) is 0. The van der Waals surface area contributed by atoms with E-state index in [1.54, 1.807) is 0 Å². The Bertz CT molecular complexity index is 2830. The summed E-state index contributed by atoms with van der Waals surface area (Å²) in [4.78, 5) is 15.6. The molecule has 0 fully saturated rings. The number of aromatic nitrogens is 4. The number of fused-ring (bicyclic) bond motifs is 8. The van der Waals surface area contributed by atoms with Crippen LogP contribution in [0.4, 0.5) is 0 Å². The van der Waals surface area contributed by atoms with Crippen LogP contribution in [0.2, 0.25) is 0 Å². The van der Waals surface area contributed by atoms with Crippen molar-refractivity contribution >= 4 is 64.1 Å². The summed E-state index contributed by atoms with van der Waals surface area (Å²) in [5.74, 6) is 1.88. The topological polar surface area (TPSA) is 43.6 Å². The molecule has 0 atom stereocenters. The molecule has 5 heteroatoms. The van der Waals surface area contributed by atoms with E-state index >= 15 is 0 Å². The molecule has 0 radical (unpaired) electrons. The molecule has 7 aromatic carbocycles. The lowest BCUT2D eigenvalue weighted by molar-refractivity contribution is 0.954. The third-order valence-electron chi connectivity index (χ3n) is 9.25. The molecule has 3 heterocycles. The molecule has 4 nitrogen and oxygen atoms in total. The monoisotopic (exact) mass is 630 g/mol. The van der Waals surface area contributed by atoms with Gasteiger partial charge >= 0.3 is 0 Å². The van der Waals surface area contributed by atoms with Crippen molar-refractivity contribution in [1.29, 1.82) is 0 Å². The maximum absolute atomic E-state index is 5.27. The molecule has 0 aliphatic carbocycles. The number of thiophene rings is 1. The van der Waals surface area contributed by atoms with Crippen LogP contribution < -0.4 is 0 Å². The summed E-state index contributed by atoms with van der Waals surface area (Å²) >= 11 is 1.81. The van der Waals surface area contributed by atoms with E-state index in [0.717, 1.165) is 33.1 Å². The van der Waals surface area contributed by atoms with Gasteiger partial charge in [0.1, 0.15) is 0 Å². The van der Waals surface area contributed by atoms with Gasteiger partial charge in [0.15, 0.2) is 11.6 Å². The van der Waals surface area contributed by atoms with Crippen molar-refractivity contribution in [3.05, 3.63) is 158 Å². The molecule has 0 amide bonds. The van der Waals surface area contributed by atoms with E-state index in [0.29, 0.717) is 17.6 Å². The van der Waals surface area contributed by atoms with Gasteiger partial charge in [-0.15, -0.1) is 11.3 Å². The Labute approximate surface area is 280 Å². The third kappa shape index (κ3) is 4.25. The van der Waals surface area contributed by atoms with Crippen LogP contribution in [0.5, 0.6) is 0 Å². The van der Waals surface area contributed by atoms with Gasteiger partial charge in [-0.3, -0.25) is 4.57 Å².